The number of phenolic OH excluding ortho intramolecular Hbond substituents is 1. The number of aromatic hydroxyl groups is 1. The van der Waals surface area contributed by atoms with Gasteiger partial charge in [0.15, 0.2) is 17.3 Å². The summed E-state index contributed by atoms with van der Waals surface area (Å²) in [4.78, 5) is 12.2. The van der Waals surface area contributed by atoms with Crippen molar-refractivity contribution in [1.82, 2.24) is 0 Å². The van der Waals surface area contributed by atoms with E-state index in [1.165, 1.54) is 6.08 Å². The van der Waals surface area contributed by atoms with Crippen LogP contribution in [0.5, 0.6) is 17.2 Å². The molecule has 0 aliphatic rings. The van der Waals surface area contributed by atoms with Crippen LogP contribution in [0.15, 0.2) is 42.5 Å². The summed E-state index contributed by atoms with van der Waals surface area (Å²) in [5, 5.41) is 9.99. The van der Waals surface area contributed by atoms with Crippen LogP contribution in [0.25, 0.3) is 6.08 Å². The van der Waals surface area contributed by atoms with Crippen LogP contribution in [0.2, 0.25) is 5.02 Å². The zero-order valence-electron chi connectivity index (χ0n) is 13.6. The van der Waals surface area contributed by atoms with Crippen molar-refractivity contribution in [3.8, 4) is 17.2 Å². The van der Waals surface area contributed by atoms with E-state index in [-0.39, 0.29) is 22.3 Å². The molecule has 126 valence electrons. The van der Waals surface area contributed by atoms with Crippen LogP contribution in [-0.2, 0) is 0 Å². The number of allylic oxidation sites excluding steroid dienone is 1. The van der Waals surface area contributed by atoms with Crippen LogP contribution < -0.4 is 9.47 Å². The van der Waals surface area contributed by atoms with Crippen molar-refractivity contribution in [2.45, 2.75) is 13.8 Å². The molecule has 0 atom stereocenters. The summed E-state index contributed by atoms with van der Waals surface area (Å²) in [6, 6.07) is 10.2. The van der Waals surface area contributed by atoms with E-state index in [9.17, 15) is 9.90 Å². The first-order chi connectivity index (χ1) is 11.5. The fourth-order valence-corrected chi connectivity index (χ4v) is 2.32. The Morgan fingerprint density at radius 3 is 2.42 bits per heavy atom. The minimum Gasteiger partial charge on any atom is -0.503 e. The molecule has 0 spiro atoms. The SMILES string of the molecule is CCOc1ccc(C(=O)/C=C/c2cc(Cl)c(O)c(OCC)c2)cc1. The largest absolute Gasteiger partial charge is 0.503 e. The zero-order chi connectivity index (χ0) is 17.5. The average Bonchev–Trinajstić information content (AvgIpc) is 2.58. The van der Waals surface area contributed by atoms with Gasteiger partial charge in [0.1, 0.15) is 5.75 Å². The predicted molar refractivity (Wildman–Crippen MR) is 95.3 cm³/mol. The average molecular weight is 347 g/mol. The highest BCUT2D eigenvalue weighted by Crippen LogP contribution is 2.35. The first-order valence-corrected chi connectivity index (χ1v) is 8.03. The van der Waals surface area contributed by atoms with E-state index < -0.39 is 0 Å². The Morgan fingerprint density at radius 2 is 1.79 bits per heavy atom. The summed E-state index contributed by atoms with van der Waals surface area (Å²) < 4.78 is 10.7. The summed E-state index contributed by atoms with van der Waals surface area (Å²) in [6.45, 7) is 4.70. The van der Waals surface area contributed by atoms with E-state index in [4.69, 9.17) is 21.1 Å². The Morgan fingerprint density at radius 1 is 1.12 bits per heavy atom. The first-order valence-electron chi connectivity index (χ1n) is 7.65. The molecule has 5 heteroatoms. The van der Waals surface area contributed by atoms with E-state index in [1.807, 2.05) is 13.8 Å². The minimum absolute atomic E-state index is 0.103. The molecule has 24 heavy (non-hydrogen) atoms. The molecule has 0 saturated carbocycles. The van der Waals surface area contributed by atoms with Crippen LogP contribution in [0.1, 0.15) is 29.8 Å². The molecule has 0 unspecified atom stereocenters. The second kappa shape index (κ2) is 8.41. The first kappa shape index (κ1) is 17.9. The predicted octanol–water partition coefficient (Wildman–Crippen LogP) is 4.74. The molecule has 2 rings (SSSR count). The van der Waals surface area contributed by atoms with Crippen molar-refractivity contribution >= 4 is 23.5 Å². The summed E-state index contributed by atoms with van der Waals surface area (Å²) in [7, 11) is 0. The van der Waals surface area contributed by atoms with E-state index in [2.05, 4.69) is 0 Å². The van der Waals surface area contributed by atoms with E-state index in [1.54, 1.807) is 42.5 Å². The number of rotatable bonds is 7. The molecule has 0 aliphatic carbocycles. The summed E-state index contributed by atoms with van der Waals surface area (Å²) in [5.41, 5.74) is 1.23. The van der Waals surface area contributed by atoms with Crippen molar-refractivity contribution in [2.75, 3.05) is 13.2 Å². The third kappa shape index (κ3) is 4.52. The Bertz CT molecular complexity index is 736. The third-order valence-electron chi connectivity index (χ3n) is 3.23. The standard InChI is InChI=1S/C19H19ClO4/c1-3-23-15-8-6-14(7-9-15)17(21)10-5-13-11-16(20)19(22)18(12-13)24-4-2/h5-12,22H,3-4H2,1-2H3/b10-5+. The van der Waals surface area contributed by atoms with Gasteiger partial charge in [-0.15, -0.1) is 0 Å². The quantitative estimate of drug-likeness (QED) is 0.581. The molecule has 2 aromatic carbocycles. The second-order valence-corrected chi connectivity index (χ2v) is 5.34. The van der Waals surface area contributed by atoms with Crippen molar-refractivity contribution in [2.24, 2.45) is 0 Å². The van der Waals surface area contributed by atoms with Crippen molar-refractivity contribution in [3.05, 3.63) is 58.6 Å². The van der Waals surface area contributed by atoms with Gasteiger partial charge in [0.2, 0.25) is 0 Å². The lowest BCUT2D eigenvalue weighted by atomic mass is 10.1. The molecule has 0 fully saturated rings. The Labute approximate surface area is 146 Å². The van der Waals surface area contributed by atoms with Gasteiger partial charge in [-0.05, 0) is 61.9 Å². The highest BCUT2D eigenvalue weighted by molar-refractivity contribution is 6.32. The van der Waals surface area contributed by atoms with E-state index >= 15 is 0 Å². The minimum atomic E-state index is -0.139. The molecule has 0 saturated heterocycles. The zero-order valence-corrected chi connectivity index (χ0v) is 14.3. The Balaban J connectivity index is 2.16. The number of ether oxygens (including phenoxy) is 2. The van der Waals surface area contributed by atoms with Crippen LogP contribution in [-0.4, -0.2) is 24.1 Å². The van der Waals surface area contributed by atoms with Crippen LogP contribution >= 0.6 is 11.6 Å². The highest BCUT2D eigenvalue weighted by atomic mass is 35.5. The van der Waals surface area contributed by atoms with Gasteiger partial charge in [-0.1, -0.05) is 17.7 Å². The molecule has 0 bridgehead atoms. The number of ketones is 1. The molecule has 0 heterocycles. The fraction of sp³-hybridized carbons (Fsp3) is 0.211. The number of phenols is 1. The smallest absolute Gasteiger partial charge is 0.185 e. The Kier molecular flexibility index (Phi) is 6.27. The fourth-order valence-electron chi connectivity index (χ4n) is 2.11. The van der Waals surface area contributed by atoms with Gasteiger partial charge in [0.25, 0.3) is 0 Å². The molecular formula is C19H19ClO4. The number of carbonyl (C=O) groups is 1. The maximum absolute atomic E-state index is 12.2. The van der Waals surface area contributed by atoms with Gasteiger partial charge in [-0.25, -0.2) is 0 Å². The van der Waals surface area contributed by atoms with Crippen molar-refractivity contribution in [1.29, 1.82) is 0 Å². The Hall–Kier alpha value is -2.46. The normalized spacial score (nSPS) is 10.8. The molecule has 0 amide bonds. The maximum Gasteiger partial charge on any atom is 0.185 e. The molecule has 0 radical (unpaired) electrons. The number of hydrogen-bond acceptors (Lipinski definition) is 4. The second-order valence-electron chi connectivity index (χ2n) is 4.94. The highest BCUT2D eigenvalue weighted by Gasteiger charge is 2.09. The van der Waals surface area contributed by atoms with Gasteiger partial charge in [-0.2, -0.15) is 0 Å². The maximum atomic E-state index is 12.2. The van der Waals surface area contributed by atoms with Crippen LogP contribution in [0, 0.1) is 0 Å². The molecular weight excluding hydrogens is 328 g/mol. The monoisotopic (exact) mass is 346 g/mol. The number of carbonyl (C=O) groups excluding carboxylic acids is 1. The number of benzene rings is 2. The molecule has 0 aliphatic heterocycles. The van der Waals surface area contributed by atoms with Crippen molar-refractivity contribution in [3.63, 3.8) is 0 Å². The number of halogens is 1. The van der Waals surface area contributed by atoms with E-state index in [0.29, 0.717) is 24.3 Å². The van der Waals surface area contributed by atoms with Gasteiger partial charge >= 0.3 is 0 Å². The summed E-state index contributed by atoms with van der Waals surface area (Å²) in [6.07, 6.45) is 3.08. The third-order valence-corrected chi connectivity index (χ3v) is 3.52. The lowest BCUT2D eigenvalue weighted by Crippen LogP contribution is -1.96. The van der Waals surface area contributed by atoms with Gasteiger partial charge < -0.3 is 14.6 Å². The lowest BCUT2D eigenvalue weighted by molar-refractivity contribution is 0.104. The van der Waals surface area contributed by atoms with Gasteiger partial charge in [0.05, 0.1) is 18.2 Å². The summed E-state index contributed by atoms with van der Waals surface area (Å²) in [5.74, 6) is 0.775. The van der Waals surface area contributed by atoms with Crippen LogP contribution in [0.4, 0.5) is 0 Å². The lowest BCUT2D eigenvalue weighted by Gasteiger charge is -2.08. The van der Waals surface area contributed by atoms with E-state index in [0.717, 1.165) is 5.75 Å². The summed E-state index contributed by atoms with van der Waals surface area (Å²) >= 11 is 5.97. The molecule has 4 nitrogen and oxygen atoms in total. The number of hydrogen-bond donors (Lipinski definition) is 1. The molecule has 2 aromatic rings. The topological polar surface area (TPSA) is 55.8 Å². The molecule has 1 N–H and O–H groups in total. The molecule has 0 aromatic heterocycles. The van der Waals surface area contributed by atoms with Crippen LogP contribution in [0.3, 0.4) is 0 Å². The van der Waals surface area contributed by atoms with Crippen molar-refractivity contribution < 1.29 is 19.4 Å². The van der Waals surface area contributed by atoms with Gasteiger partial charge in [-0.3, -0.25) is 4.79 Å². The van der Waals surface area contributed by atoms with Gasteiger partial charge in [0, 0.05) is 5.56 Å².